The molecule has 0 spiro atoms. The van der Waals surface area contributed by atoms with Gasteiger partial charge in [-0.2, -0.15) is 0 Å². The lowest BCUT2D eigenvalue weighted by Crippen LogP contribution is -2.53. The van der Waals surface area contributed by atoms with Gasteiger partial charge < -0.3 is 15.1 Å². The van der Waals surface area contributed by atoms with E-state index >= 15 is 0 Å². The van der Waals surface area contributed by atoms with E-state index in [9.17, 15) is 13.2 Å². The molecule has 2 unspecified atom stereocenters. The van der Waals surface area contributed by atoms with Crippen molar-refractivity contribution in [2.24, 2.45) is 0 Å². The molecular weight excluding hydrogens is 378 g/mol. The van der Waals surface area contributed by atoms with Gasteiger partial charge in [0.1, 0.15) is 5.82 Å². The standard InChI is InChI=1S/C16H24ClN5O3S/c1-26(24,25)20-13-4-3-8-22(11-13)16(23)19-12-6-9-21(10-12)15-14(17)5-2-7-18-15/h2,5,7,12-13,20H,3-4,6,8-11H2,1H3,(H,19,23). The Hall–Kier alpha value is -1.58. The summed E-state index contributed by atoms with van der Waals surface area (Å²) >= 11 is 6.19. The molecule has 2 saturated heterocycles. The summed E-state index contributed by atoms with van der Waals surface area (Å²) in [7, 11) is -3.27. The predicted octanol–water partition coefficient (Wildman–Crippen LogP) is 1.04. The first-order valence-corrected chi connectivity index (χ1v) is 11.0. The third-order valence-corrected chi connectivity index (χ3v) is 5.70. The zero-order valence-corrected chi connectivity index (χ0v) is 16.3. The average molecular weight is 402 g/mol. The third kappa shape index (κ3) is 4.99. The van der Waals surface area contributed by atoms with Crippen molar-refractivity contribution in [1.29, 1.82) is 0 Å². The SMILES string of the molecule is CS(=O)(=O)NC1CCCN(C(=O)NC2CCN(c3ncccc3Cl)C2)C1. The summed E-state index contributed by atoms with van der Waals surface area (Å²) in [4.78, 5) is 20.6. The lowest BCUT2D eigenvalue weighted by atomic mass is 10.1. The summed E-state index contributed by atoms with van der Waals surface area (Å²) in [6, 6.07) is 3.24. The molecule has 144 valence electrons. The number of carbonyl (C=O) groups excluding carboxylic acids is 1. The van der Waals surface area contributed by atoms with E-state index in [-0.39, 0.29) is 18.1 Å². The van der Waals surface area contributed by atoms with Crippen molar-refractivity contribution in [3.05, 3.63) is 23.4 Å². The Kier molecular flexibility index (Phi) is 5.89. The Bertz CT molecular complexity index is 760. The van der Waals surface area contributed by atoms with Crippen LogP contribution in [0, 0.1) is 0 Å². The van der Waals surface area contributed by atoms with Crippen molar-refractivity contribution in [1.82, 2.24) is 19.9 Å². The number of nitrogens with zero attached hydrogens (tertiary/aromatic N) is 3. The molecule has 10 heteroatoms. The van der Waals surface area contributed by atoms with Crippen LogP contribution in [0.3, 0.4) is 0 Å². The van der Waals surface area contributed by atoms with Crippen molar-refractivity contribution in [2.75, 3.05) is 37.3 Å². The normalized spacial score (nSPS) is 23.9. The minimum Gasteiger partial charge on any atom is -0.353 e. The Morgan fingerprint density at radius 2 is 2.08 bits per heavy atom. The Morgan fingerprint density at radius 3 is 2.81 bits per heavy atom. The summed E-state index contributed by atoms with van der Waals surface area (Å²) in [5.41, 5.74) is 0. The second-order valence-corrected chi connectivity index (χ2v) is 9.05. The second kappa shape index (κ2) is 7.98. The predicted molar refractivity (Wildman–Crippen MR) is 101 cm³/mol. The van der Waals surface area contributed by atoms with Gasteiger partial charge in [-0.3, -0.25) is 0 Å². The van der Waals surface area contributed by atoms with Gasteiger partial charge in [0.2, 0.25) is 10.0 Å². The number of rotatable bonds is 4. The van der Waals surface area contributed by atoms with Crippen molar-refractivity contribution in [3.8, 4) is 0 Å². The van der Waals surface area contributed by atoms with E-state index in [4.69, 9.17) is 11.6 Å². The molecule has 3 rings (SSSR count). The van der Waals surface area contributed by atoms with Crippen LogP contribution in [0.4, 0.5) is 10.6 Å². The first kappa shape index (κ1) is 19.2. The van der Waals surface area contributed by atoms with Gasteiger partial charge in [-0.1, -0.05) is 11.6 Å². The summed E-state index contributed by atoms with van der Waals surface area (Å²) < 4.78 is 25.4. The molecule has 1 aromatic heterocycles. The number of hydrogen-bond acceptors (Lipinski definition) is 5. The van der Waals surface area contributed by atoms with Gasteiger partial charge in [0.25, 0.3) is 0 Å². The van der Waals surface area contributed by atoms with Crippen molar-refractivity contribution in [3.63, 3.8) is 0 Å². The van der Waals surface area contributed by atoms with Gasteiger partial charge >= 0.3 is 6.03 Å². The molecular formula is C16H24ClN5O3S. The number of nitrogens with one attached hydrogen (secondary N) is 2. The van der Waals surface area contributed by atoms with Gasteiger partial charge in [0, 0.05) is 44.5 Å². The van der Waals surface area contributed by atoms with Gasteiger partial charge in [-0.15, -0.1) is 0 Å². The first-order chi connectivity index (χ1) is 12.3. The van der Waals surface area contributed by atoms with Gasteiger partial charge in [-0.25, -0.2) is 22.9 Å². The molecule has 0 aromatic carbocycles. The topological polar surface area (TPSA) is 94.6 Å². The minimum atomic E-state index is -3.27. The molecule has 2 aliphatic heterocycles. The van der Waals surface area contributed by atoms with Crippen molar-refractivity contribution < 1.29 is 13.2 Å². The number of hydrogen-bond donors (Lipinski definition) is 2. The highest BCUT2D eigenvalue weighted by Gasteiger charge is 2.30. The Morgan fingerprint density at radius 1 is 1.27 bits per heavy atom. The van der Waals surface area contributed by atoms with Crippen LogP contribution in [-0.4, -0.2) is 68.9 Å². The number of pyridine rings is 1. The quantitative estimate of drug-likeness (QED) is 0.786. The number of urea groups is 1. The lowest BCUT2D eigenvalue weighted by molar-refractivity contribution is 0.174. The molecule has 8 nitrogen and oxygen atoms in total. The average Bonchev–Trinajstić information content (AvgIpc) is 3.02. The molecule has 0 radical (unpaired) electrons. The van der Waals surface area contributed by atoms with E-state index < -0.39 is 10.0 Å². The highest BCUT2D eigenvalue weighted by Crippen LogP contribution is 2.25. The van der Waals surface area contributed by atoms with Crippen LogP contribution in [0.5, 0.6) is 0 Å². The number of aromatic nitrogens is 1. The minimum absolute atomic E-state index is 0.0174. The molecule has 1 aromatic rings. The number of sulfonamides is 1. The number of anilines is 1. The molecule has 26 heavy (non-hydrogen) atoms. The number of piperidine rings is 1. The zero-order valence-electron chi connectivity index (χ0n) is 14.7. The maximum atomic E-state index is 12.6. The summed E-state index contributed by atoms with van der Waals surface area (Å²) in [6.45, 7) is 2.46. The largest absolute Gasteiger partial charge is 0.353 e. The molecule has 2 aliphatic rings. The fourth-order valence-electron chi connectivity index (χ4n) is 3.51. The van der Waals surface area contributed by atoms with E-state index in [0.717, 1.165) is 37.9 Å². The lowest BCUT2D eigenvalue weighted by Gasteiger charge is -2.33. The number of likely N-dealkylation sites (tertiary alicyclic amines) is 1. The molecule has 2 N–H and O–H groups in total. The molecule has 3 heterocycles. The molecule has 2 fully saturated rings. The van der Waals surface area contributed by atoms with Gasteiger partial charge in [0.05, 0.1) is 11.3 Å². The Balaban J connectivity index is 1.53. The van der Waals surface area contributed by atoms with Gasteiger partial charge in [-0.05, 0) is 31.4 Å². The Labute approximate surface area is 158 Å². The molecule has 0 bridgehead atoms. The van der Waals surface area contributed by atoms with Crippen LogP contribution in [0.15, 0.2) is 18.3 Å². The molecule has 2 atom stereocenters. The van der Waals surface area contributed by atoms with Crippen molar-refractivity contribution in [2.45, 2.75) is 31.3 Å². The van der Waals surface area contributed by atoms with E-state index in [1.165, 1.54) is 0 Å². The van der Waals surface area contributed by atoms with Crippen molar-refractivity contribution >= 4 is 33.5 Å². The monoisotopic (exact) mass is 401 g/mol. The maximum Gasteiger partial charge on any atom is 0.317 e. The fraction of sp³-hybridized carbons (Fsp3) is 0.625. The third-order valence-electron chi connectivity index (χ3n) is 4.64. The van der Waals surface area contributed by atoms with E-state index in [1.54, 1.807) is 23.2 Å². The number of halogens is 1. The van der Waals surface area contributed by atoms with E-state index in [1.807, 2.05) is 0 Å². The van der Waals surface area contributed by atoms with Crippen LogP contribution < -0.4 is 14.9 Å². The highest BCUT2D eigenvalue weighted by molar-refractivity contribution is 7.88. The van der Waals surface area contributed by atoms with E-state index in [2.05, 4.69) is 19.9 Å². The second-order valence-electron chi connectivity index (χ2n) is 6.87. The molecule has 0 saturated carbocycles. The summed E-state index contributed by atoms with van der Waals surface area (Å²) in [6.07, 6.45) is 5.18. The summed E-state index contributed by atoms with van der Waals surface area (Å²) in [5, 5.41) is 3.65. The van der Waals surface area contributed by atoms with Crippen LogP contribution in [0.1, 0.15) is 19.3 Å². The van der Waals surface area contributed by atoms with Crippen LogP contribution >= 0.6 is 11.6 Å². The molecule has 2 amide bonds. The number of amides is 2. The van der Waals surface area contributed by atoms with Crippen LogP contribution in [0.2, 0.25) is 5.02 Å². The zero-order chi connectivity index (χ0) is 18.7. The van der Waals surface area contributed by atoms with E-state index in [0.29, 0.717) is 24.7 Å². The molecule has 0 aliphatic carbocycles. The van der Waals surface area contributed by atoms with Crippen LogP contribution in [0.25, 0.3) is 0 Å². The summed E-state index contributed by atoms with van der Waals surface area (Å²) in [5.74, 6) is 0.737. The fourth-order valence-corrected chi connectivity index (χ4v) is 4.55. The van der Waals surface area contributed by atoms with Crippen LogP contribution in [-0.2, 0) is 10.0 Å². The first-order valence-electron chi connectivity index (χ1n) is 8.70. The number of carbonyl (C=O) groups is 1. The highest BCUT2D eigenvalue weighted by atomic mass is 35.5. The maximum absolute atomic E-state index is 12.6. The van der Waals surface area contributed by atoms with Gasteiger partial charge in [0.15, 0.2) is 0 Å². The smallest absolute Gasteiger partial charge is 0.317 e.